The average Bonchev–Trinajstić information content (AvgIpc) is 2.38. The molecule has 0 aromatic heterocycles. The molecule has 0 aliphatic carbocycles. The fourth-order valence-corrected chi connectivity index (χ4v) is 2.35. The summed E-state index contributed by atoms with van der Waals surface area (Å²) >= 11 is 0. The zero-order chi connectivity index (χ0) is 16.1. The van der Waals surface area contributed by atoms with Gasteiger partial charge in [-0.3, -0.25) is 4.79 Å². The first-order valence-corrected chi connectivity index (χ1v) is 8.85. The maximum absolute atomic E-state index is 11.7. The highest BCUT2D eigenvalue weighted by Gasteiger charge is 2.21. The van der Waals surface area contributed by atoms with Crippen molar-refractivity contribution in [3.63, 3.8) is 0 Å². The Morgan fingerprint density at radius 1 is 0.905 bits per heavy atom. The van der Waals surface area contributed by atoms with Crippen LogP contribution in [0.4, 0.5) is 0 Å². The highest BCUT2D eigenvalue weighted by Crippen LogP contribution is 2.13. The maximum Gasteiger partial charge on any atom is 0.323 e. The van der Waals surface area contributed by atoms with E-state index in [2.05, 4.69) is 6.92 Å². The Morgan fingerprint density at radius 2 is 1.33 bits per heavy atom. The first-order valence-electron chi connectivity index (χ1n) is 8.85. The van der Waals surface area contributed by atoms with Crippen molar-refractivity contribution in [1.29, 1.82) is 0 Å². The number of carbonyl (C=O) groups is 1. The van der Waals surface area contributed by atoms with E-state index in [9.17, 15) is 4.79 Å². The second-order valence-electron chi connectivity index (χ2n) is 7.11. The lowest BCUT2D eigenvalue weighted by molar-refractivity contribution is -0.156. The summed E-state index contributed by atoms with van der Waals surface area (Å²) in [6, 6.07) is -0.460. The lowest BCUT2D eigenvalue weighted by Crippen LogP contribution is -2.37. The molecule has 0 amide bonds. The third kappa shape index (κ3) is 14.1. The number of carbonyl (C=O) groups excluding carboxylic acids is 1. The molecule has 0 bridgehead atoms. The molecular weight excluding hydrogens is 262 g/mol. The van der Waals surface area contributed by atoms with Crippen molar-refractivity contribution in [3.8, 4) is 0 Å². The average molecular weight is 299 g/mol. The molecule has 0 aliphatic heterocycles. The standard InChI is InChI=1S/C18H37NO2/c1-5-6-7-8-9-10-11-12-13-14-15-16(19)17(20)21-18(2,3)4/h16H,5-15,19H2,1-4H3. The Morgan fingerprint density at radius 3 is 1.76 bits per heavy atom. The predicted octanol–water partition coefficient (Wildman–Crippen LogP) is 4.97. The summed E-state index contributed by atoms with van der Waals surface area (Å²) in [5.74, 6) is -0.265. The number of nitrogens with two attached hydrogens (primary N) is 1. The number of ether oxygens (including phenoxy) is 1. The first-order chi connectivity index (χ1) is 9.87. The first kappa shape index (κ1) is 20.4. The molecule has 0 saturated heterocycles. The van der Waals surface area contributed by atoms with Crippen LogP contribution in [0.1, 0.15) is 98.3 Å². The lowest BCUT2D eigenvalue weighted by Gasteiger charge is -2.22. The van der Waals surface area contributed by atoms with E-state index >= 15 is 0 Å². The molecule has 3 heteroatoms. The van der Waals surface area contributed by atoms with E-state index < -0.39 is 11.6 Å². The van der Waals surface area contributed by atoms with Gasteiger partial charge in [0.15, 0.2) is 0 Å². The number of unbranched alkanes of at least 4 members (excludes halogenated alkanes) is 9. The van der Waals surface area contributed by atoms with Crippen molar-refractivity contribution in [2.45, 2.75) is 110 Å². The third-order valence-corrected chi connectivity index (χ3v) is 3.58. The summed E-state index contributed by atoms with van der Waals surface area (Å²) in [4.78, 5) is 11.7. The number of hydrogen-bond acceptors (Lipinski definition) is 3. The maximum atomic E-state index is 11.7. The topological polar surface area (TPSA) is 52.3 Å². The minimum absolute atomic E-state index is 0.265. The van der Waals surface area contributed by atoms with Gasteiger partial charge in [0.1, 0.15) is 11.6 Å². The van der Waals surface area contributed by atoms with Gasteiger partial charge in [-0.15, -0.1) is 0 Å². The van der Waals surface area contributed by atoms with E-state index in [0.717, 1.165) is 12.8 Å². The highest BCUT2D eigenvalue weighted by molar-refractivity contribution is 5.75. The van der Waals surface area contributed by atoms with E-state index in [1.807, 2.05) is 20.8 Å². The Kier molecular flexibility index (Phi) is 11.7. The van der Waals surface area contributed by atoms with Gasteiger partial charge in [-0.1, -0.05) is 71.1 Å². The molecule has 126 valence electrons. The molecule has 0 heterocycles. The molecular formula is C18H37NO2. The molecule has 0 spiro atoms. The summed E-state index contributed by atoms with van der Waals surface area (Å²) in [7, 11) is 0. The molecule has 1 atom stereocenters. The molecule has 0 aromatic rings. The smallest absolute Gasteiger partial charge is 0.323 e. The van der Waals surface area contributed by atoms with Crippen LogP contribution in [-0.4, -0.2) is 17.6 Å². The van der Waals surface area contributed by atoms with Gasteiger partial charge in [0.05, 0.1) is 0 Å². The minimum Gasteiger partial charge on any atom is -0.459 e. The van der Waals surface area contributed by atoms with E-state index in [1.165, 1.54) is 57.8 Å². The van der Waals surface area contributed by atoms with Crippen molar-refractivity contribution in [3.05, 3.63) is 0 Å². The highest BCUT2D eigenvalue weighted by atomic mass is 16.6. The quantitative estimate of drug-likeness (QED) is 0.409. The Labute approximate surface area is 132 Å². The van der Waals surface area contributed by atoms with Crippen LogP contribution in [0.3, 0.4) is 0 Å². The molecule has 1 unspecified atom stereocenters. The van der Waals surface area contributed by atoms with Crippen LogP contribution < -0.4 is 5.73 Å². The largest absolute Gasteiger partial charge is 0.459 e. The molecule has 2 N–H and O–H groups in total. The van der Waals surface area contributed by atoms with Crippen LogP contribution in [0.15, 0.2) is 0 Å². The fraction of sp³-hybridized carbons (Fsp3) is 0.944. The Bertz CT molecular complexity index is 258. The van der Waals surface area contributed by atoms with Gasteiger partial charge >= 0.3 is 5.97 Å². The monoisotopic (exact) mass is 299 g/mol. The number of rotatable bonds is 12. The molecule has 0 fully saturated rings. The lowest BCUT2D eigenvalue weighted by atomic mass is 10.0. The van der Waals surface area contributed by atoms with Crippen LogP contribution >= 0.6 is 0 Å². The molecule has 21 heavy (non-hydrogen) atoms. The zero-order valence-electron chi connectivity index (χ0n) is 14.7. The van der Waals surface area contributed by atoms with Crippen LogP contribution in [0.5, 0.6) is 0 Å². The molecule has 0 saturated carbocycles. The molecule has 0 radical (unpaired) electrons. The molecule has 0 aliphatic rings. The van der Waals surface area contributed by atoms with Crippen LogP contribution in [-0.2, 0) is 9.53 Å². The zero-order valence-corrected chi connectivity index (χ0v) is 14.7. The Hall–Kier alpha value is -0.570. The van der Waals surface area contributed by atoms with Crippen molar-refractivity contribution >= 4 is 5.97 Å². The van der Waals surface area contributed by atoms with Crippen LogP contribution in [0.25, 0.3) is 0 Å². The number of hydrogen-bond donors (Lipinski definition) is 1. The minimum atomic E-state index is -0.460. The van der Waals surface area contributed by atoms with Gasteiger partial charge in [-0.05, 0) is 27.2 Å². The van der Waals surface area contributed by atoms with Crippen molar-refractivity contribution < 1.29 is 9.53 Å². The summed E-state index contributed by atoms with van der Waals surface area (Å²) in [5, 5.41) is 0. The van der Waals surface area contributed by atoms with E-state index in [4.69, 9.17) is 10.5 Å². The molecule has 3 nitrogen and oxygen atoms in total. The van der Waals surface area contributed by atoms with Gasteiger partial charge in [0.25, 0.3) is 0 Å². The summed E-state index contributed by atoms with van der Waals surface area (Å²) in [6.07, 6.45) is 13.7. The van der Waals surface area contributed by atoms with Crippen LogP contribution in [0, 0.1) is 0 Å². The van der Waals surface area contributed by atoms with E-state index in [0.29, 0.717) is 0 Å². The second kappa shape index (κ2) is 12.0. The van der Waals surface area contributed by atoms with Crippen molar-refractivity contribution in [1.82, 2.24) is 0 Å². The Balaban J connectivity index is 3.40. The molecule has 0 aromatic carbocycles. The van der Waals surface area contributed by atoms with Crippen LogP contribution in [0.2, 0.25) is 0 Å². The van der Waals surface area contributed by atoms with Gasteiger partial charge in [0, 0.05) is 0 Å². The van der Waals surface area contributed by atoms with Gasteiger partial charge < -0.3 is 10.5 Å². The molecule has 0 rings (SSSR count). The second-order valence-corrected chi connectivity index (χ2v) is 7.11. The normalized spacial score (nSPS) is 13.2. The fourth-order valence-electron chi connectivity index (χ4n) is 2.35. The van der Waals surface area contributed by atoms with E-state index in [-0.39, 0.29) is 5.97 Å². The summed E-state index contributed by atoms with van der Waals surface area (Å²) in [5.41, 5.74) is 5.42. The third-order valence-electron chi connectivity index (χ3n) is 3.58. The van der Waals surface area contributed by atoms with Crippen molar-refractivity contribution in [2.75, 3.05) is 0 Å². The van der Waals surface area contributed by atoms with E-state index in [1.54, 1.807) is 0 Å². The van der Waals surface area contributed by atoms with Gasteiger partial charge in [-0.2, -0.15) is 0 Å². The van der Waals surface area contributed by atoms with Gasteiger partial charge in [0.2, 0.25) is 0 Å². The number of esters is 1. The predicted molar refractivity (Wildman–Crippen MR) is 90.3 cm³/mol. The SMILES string of the molecule is CCCCCCCCCCCCC(N)C(=O)OC(C)(C)C. The summed E-state index contributed by atoms with van der Waals surface area (Å²) in [6.45, 7) is 7.87. The van der Waals surface area contributed by atoms with Gasteiger partial charge in [-0.25, -0.2) is 0 Å². The summed E-state index contributed by atoms with van der Waals surface area (Å²) < 4.78 is 5.28. The van der Waals surface area contributed by atoms with Crippen molar-refractivity contribution in [2.24, 2.45) is 5.73 Å².